The number of hydrogen-bond acceptors (Lipinski definition) is 3. The summed E-state index contributed by atoms with van der Waals surface area (Å²) in [5.74, 6) is 0.650. The lowest BCUT2D eigenvalue weighted by atomic mass is 9.94. The fraction of sp³-hybridized carbons (Fsp3) is 0.444. The predicted molar refractivity (Wildman–Crippen MR) is 91.8 cm³/mol. The van der Waals surface area contributed by atoms with E-state index in [1.165, 1.54) is 25.9 Å². The molecule has 23 heavy (non-hydrogen) atoms. The van der Waals surface area contributed by atoms with Crippen molar-refractivity contribution in [2.45, 2.75) is 25.3 Å². The van der Waals surface area contributed by atoms with Crippen LogP contribution in [0, 0.1) is 5.92 Å². The molecule has 3 saturated heterocycles. The van der Waals surface area contributed by atoms with Crippen LogP contribution in [0.5, 0.6) is 0 Å². The van der Waals surface area contributed by atoms with Crippen LogP contribution >= 0.6 is 11.6 Å². The molecular weight excluding hydrogens is 310 g/mol. The minimum Gasteiger partial charge on any atom is -0.347 e. The van der Waals surface area contributed by atoms with Crippen molar-refractivity contribution in [1.82, 2.24) is 15.2 Å². The minimum absolute atomic E-state index is 0.0979. The fourth-order valence-electron chi connectivity index (χ4n) is 3.81. The summed E-state index contributed by atoms with van der Waals surface area (Å²) in [5, 5.41) is 5.65. The van der Waals surface area contributed by atoms with Crippen molar-refractivity contribution in [3.05, 3.63) is 41.2 Å². The Kier molecular flexibility index (Phi) is 3.95. The van der Waals surface area contributed by atoms with E-state index in [1.54, 1.807) is 12.3 Å². The summed E-state index contributed by atoms with van der Waals surface area (Å²) < 4.78 is 0. The van der Waals surface area contributed by atoms with Crippen LogP contribution in [0.2, 0.25) is 5.02 Å². The van der Waals surface area contributed by atoms with Crippen LogP contribution in [0.25, 0.3) is 10.8 Å². The number of halogens is 1. The van der Waals surface area contributed by atoms with Crippen molar-refractivity contribution in [3.63, 3.8) is 0 Å². The molecule has 1 aromatic carbocycles. The maximum atomic E-state index is 12.6. The first-order valence-corrected chi connectivity index (χ1v) is 8.64. The summed E-state index contributed by atoms with van der Waals surface area (Å²) in [6, 6.07) is 7.69. The predicted octanol–water partition coefficient (Wildman–Crippen LogP) is 3.10. The van der Waals surface area contributed by atoms with Crippen LogP contribution in [-0.2, 0) is 0 Å². The highest BCUT2D eigenvalue weighted by atomic mass is 35.5. The molecule has 0 aliphatic carbocycles. The van der Waals surface area contributed by atoms with Gasteiger partial charge in [0.1, 0.15) is 5.69 Å². The van der Waals surface area contributed by atoms with Gasteiger partial charge in [0.2, 0.25) is 0 Å². The fourth-order valence-corrected chi connectivity index (χ4v) is 4.05. The largest absolute Gasteiger partial charge is 0.347 e. The smallest absolute Gasteiger partial charge is 0.270 e. The minimum atomic E-state index is -0.0979. The summed E-state index contributed by atoms with van der Waals surface area (Å²) in [6.45, 7) is 3.29. The van der Waals surface area contributed by atoms with E-state index in [9.17, 15) is 4.79 Å². The molecule has 120 valence electrons. The van der Waals surface area contributed by atoms with Crippen LogP contribution in [0.3, 0.4) is 0 Å². The van der Waals surface area contributed by atoms with Crippen molar-refractivity contribution >= 4 is 28.3 Å². The van der Waals surface area contributed by atoms with Gasteiger partial charge in [-0.25, -0.2) is 0 Å². The highest BCUT2D eigenvalue weighted by Crippen LogP contribution is 2.27. The molecule has 0 saturated carbocycles. The van der Waals surface area contributed by atoms with E-state index in [0.717, 1.165) is 29.7 Å². The van der Waals surface area contributed by atoms with Gasteiger partial charge in [-0.05, 0) is 50.4 Å². The molecule has 1 aromatic heterocycles. The Labute approximate surface area is 140 Å². The molecule has 3 aliphatic rings. The van der Waals surface area contributed by atoms with Gasteiger partial charge in [0.05, 0.1) is 0 Å². The number of pyridine rings is 1. The molecule has 0 spiro atoms. The van der Waals surface area contributed by atoms with Crippen molar-refractivity contribution in [2.75, 3.05) is 19.6 Å². The normalized spacial score (nSPS) is 26.9. The first-order valence-electron chi connectivity index (χ1n) is 8.26. The van der Waals surface area contributed by atoms with Gasteiger partial charge in [-0.15, -0.1) is 0 Å². The average Bonchev–Trinajstić information content (AvgIpc) is 2.87. The second kappa shape index (κ2) is 6.10. The van der Waals surface area contributed by atoms with Gasteiger partial charge in [0, 0.05) is 34.6 Å². The van der Waals surface area contributed by atoms with Gasteiger partial charge >= 0.3 is 0 Å². The monoisotopic (exact) mass is 329 g/mol. The van der Waals surface area contributed by atoms with Gasteiger partial charge in [0.25, 0.3) is 5.91 Å². The lowest BCUT2D eigenvalue weighted by Crippen LogP contribution is -2.42. The lowest BCUT2D eigenvalue weighted by molar-refractivity contribution is 0.0924. The van der Waals surface area contributed by atoms with E-state index in [4.69, 9.17) is 11.6 Å². The topological polar surface area (TPSA) is 45.2 Å². The molecule has 4 nitrogen and oxygen atoms in total. The Morgan fingerprint density at radius 2 is 2.13 bits per heavy atom. The summed E-state index contributed by atoms with van der Waals surface area (Å²) >= 11 is 6.23. The van der Waals surface area contributed by atoms with Gasteiger partial charge in [-0.2, -0.15) is 0 Å². The number of carbonyl (C=O) groups excluding carboxylic acids is 1. The molecular formula is C18H20ClN3O. The van der Waals surface area contributed by atoms with Crippen molar-refractivity contribution in [2.24, 2.45) is 5.92 Å². The van der Waals surface area contributed by atoms with Crippen molar-refractivity contribution < 1.29 is 4.79 Å². The molecule has 2 bridgehead atoms. The molecule has 5 rings (SSSR count). The van der Waals surface area contributed by atoms with E-state index < -0.39 is 0 Å². The number of nitrogens with one attached hydrogen (secondary N) is 1. The summed E-state index contributed by atoms with van der Waals surface area (Å²) in [4.78, 5) is 19.3. The summed E-state index contributed by atoms with van der Waals surface area (Å²) in [7, 11) is 0. The first-order chi connectivity index (χ1) is 11.2. The Morgan fingerprint density at radius 3 is 2.96 bits per heavy atom. The van der Waals surface area contributed by atoms with Crippen molar-refractivity contribution in [3.8, 4) is 0 Å². The quantitative estimate of drug-likeness (QED) is 0.920. The molecule has 2 aromatic rings. The number of nitrogens with zero attached hydrogens (tertiary/aromatic N) is 2. The second-order valence-electron chi connectivity index (χ2n) is 6.68. The molecule has 5 heteroatoms. The Balaban J connectivity index is 1.54. The number of hydrogen-bond donors (Lipinski definition) is 1. The van der Waals surface area contributed by atoms with Crippen LogP contribution in [0.1, 0.15) is 29.8 Å². The van der Waals surface area contributed by atoms with Gasteiger partial charge in [0.15, 0.2) is 0 Å². The number of aromatic nitrogens is 1. The molecule has 3 fully saturated rings. The summed E-state index contributed by atoms with van der Waals surface area (Å²) in [5.41, 5.74) is 0.442. The molecule has 0 radical (unpaired) electrons. The average molecular weight is 330 g/mol. The van der Waals surface area contributed by atoms with E-state index >= 15 is 0 Å². The third-order valence-corrected chi connectivity index (χ3v) is 5.41. The molecule has 0 unspecified atom stereocenters. The maximum absolute atomic E-state index is 12.6. The van der Waals surface area contributed by atoms with Crippen LogP contribution in [0.4, 0.5) is 0 Å². The van der Waals surface area contributed by atoms with Gasteiger partial charge in [-0.1, -0.05) is 23.7 Å². The number of amides is 1. The Bertz CT molecular complexity index is 726. The van der Waals surface area contributed by atoms with Gasteiger partial charge in [-0.3, -0.25) is 9.78 Å². The zero-order chi connectivity index (χ0) is 15.8. The highest BCUT2D eigenvalue weighted by Gasteiger charge is 2.30. The van der Waals surface area contributed by atoms with E-state index in [2.05, 4.69) is 15.2 Å². The zero-order valence-electron chi connectivity index (χ0n) is 13.0. The molecule has 1 amide bonds. The van der Waals surface area contributed by atoms with Crippen molar-refractivity contribution in [1.29, 1.82) is 0 Å². The standard InChI is InChI=1S/C18H20ClN3O/c19-16-3-1-2-13-10-20-17(9-15(13)16)18(23)21-14-8-12-4-6-22(11-14)7-5-12/h1-3,9-10,12,14H,4-8,11H2,(H,21,23)/t14-/m1/s1. The van der Waals surface area contributed by atoms with Crippen LogP contribution in [0.15, 0.2) is 30.5 Å². The SMILES string of the molecule is O=C(N[C@@H]1CC2CCN(CC2)C1)c1cc2c(Cl)cccc2cn1. The third-order valence-electron chi connectivity index (χ3n) is 5.08. The third kappa shape index (κ3) is 3.06. The number of fused-ring (bicyclic) bond motifs is 5. The maximum Gasteiger partial charge on any atom is 0.270 e. The number of carbonyl (C=O) groups is 1. The zero-order valence-corrected chi connectivity index (χ0v) is 13.7. The molecule has 1 N–H and O–H groups in total. The molecule has 4 heterocycles. The number of benzene rings is 1. The van der Waals surface area contributed by atoms with Gasteiger partial charge < -0.3 is 10.2 Å². The number of piperidine rings is 1. The molecule has 3 aliphatic heterocycles. The highest BCUT2D eigenvalue weighted by molar-refractivity contribution is 6.35. The van der Waals surface area contributed by atoms with E-state index in [-0.39, 0.29) is 11.9 Å². The first kappa shape index (κ1) is 14.9. The Morgan fingerprint density at radius 1 is 1.30 bits per heavy atom. The summed E-state index contributed by atoms with van der Waals surface area (Å²) in [6.07, 6.45) is 5.32. The van der Waals surface area contributed by atoms with Crippen LogP contribution < -0.4 is 5.32 Å². The lowest BCUT2D eigenvalue weighted by Gasteiger charge is -2.26. The Hall–Kier alpha value is -1.65. The second-order valence-corrected chi connectivity index (χ2v) is 7.09. The number of rotatable bonds is 2. The van der Waals surface area contributed by atoms with E-state index in [0.29, 0.717) is 10.7 Å². The van der Waals surface area contributed by atoms with Crippen LogP contribution in [-0.4, -0.2) is 41.5 Å². The van der Waals surface area contributed by atoms with E-state index in [1.807, 2.05) is 18.2 Å². The molecule has 1 atom stereocenters.